The molecular formula is C5H4F8. The minimum absolute atomic E-state index is 0.479. The molecule has 0 aliphatic rings. The van der Waals surface area contributed by atoms with Crippen LogP contribution in [0.5, 0.6) is 0 Å². The Hall–Kier alpha value is -0.820. The molecule has 0 saturated carbocycles. The molecule has 0 aliphatic carbocycles. The maximum atomic E-state index is 10.7. The van der Waals surface area contributed by atoms with E-state index in [1.807, 2.05) is 0 Å². The highest BCUT2D eigenvalue weighted by atomic mass is 19.4. The minimum atomic E-state index is -4.62. The van der Waals surface area contributed by atoms with E-state index < -0.39 is 31.4 Å². The van der Waals surface area contributed by atoms with Gasteiger partial charge in [-0.3, -0.25) is 0 Å². The third kappa shape index (κ3) is 24.7. The van der Waals surface area contributed by atoms with Gasteiger partial charge in [-0.25, -0.2) is 8.78 Å². The second-order valence-corrected chi connectivity index (χ2v) is 1.58. The zero-order valence-corrected chi connectivity index (χ0v) is 5.89. The normalized spacial score (nSPS) is 12.6. The second-order valence-electron chi connectivity index (χ2n) is 1.58. The molecule has 0 nitrogen and oxygen atoms in total. The Morgan fingerprint density at radius 2 is 1.23 bits per heavy atom. The van der Waals surface area contributed by atoms with E-state index >= 15 is 0 Å². The van der Waals surface area contributed by atoms with Crippen LogP contribution in [-0.4, -0.2) is 19.0 Å². The zero-order valence-electron chi connectivity index (χ0n) is 5.89. The van der Waals surface area contributed by atoms with Gasteiger partial charge in [-0.1, -0.05) is 0 Å². The third-order valence-corrected chi connectivity index (χ3v) is 0.403. The van der Waals surface area contributed by atoms with E-state index in [1.54, 1.807) is 0 Å². The van der Waals surface area contributed by atoms with Crippen molar-refractivity contribution in [3.8, 4) is 0 Å². The number of halogens is 8. The molecule has 0 aromatic carbocycles. The second kappa shape index (κ2) is 5.76. The van der Waals surface area contributed by atoms with E-state index in [2.05, 4.69) is 0 Å². The van der Waals surface area contributed by atoms with Crippen LogP contribution < -0.4 is 0 Å². The largest absolute Gasteiger partial charge is 0.416 e. The first-order valence-corrected chi connectivity index (χ1v) is 2.59. The van der Waals surface area contributed by atoms with Crippen LogP contribution in [0, 0.1) is 0 Å². The molecule has 0 radical (unpaired) electrons. The Balaban J connectivity index is 0. The summed E-state index contributed by atoms with van der Waals surface area (Å²) >= 11 is 0. The molecule has 0 atom stereocenters. The van der Waals surface area contributed by atoms with Crippen molar-refractivity contribution in [1.82, 2.24) is 0 Å². The van der Waals surface area contributed by atoms with Crippen molar-refractivity contribution in [2.24, 2.45) is 0 Å². The molecule has 8 heteroatoms. The molecule has 0 aliphatic heterocycles. The third-order valence-electron chi connectivity index (χ3n) is 0.403. The topological polar surface area (TPSA) is 0 Å². The van der Waals surface area contributed by atoms with Crippen LogP contribution in [-0.2, 0) is 0 Å². The predicted octanol–water partition coefficient (Wildman–Crippen LogP) is 3.55. The minimum Gasteiger partial charge on any atom is -0.241 e. The van der Waals surface area contributed by atoms with E-state index in [9.17, 15) is 35.1 Å². The van der Waals surface area contributed by atoms with E-state index in [0.29, 0.717) is 0 Å². The first kappa shape index (κ1) is 14.7. The molecule has 0 saturated heterocycles. The fraction of sp³-hybridized carbons (Fsp3) is 0.600. The van der Waals surface area contributed by atoms with Crippen LogP contribution >= 0.6 is 0 Å². The molecule has 0 heterocycles. The first-order chi connectivity index (χ1) is 5.62. The van der Waals surface area contributed by atoms with Gasteiger partial charge < -0.3 is 0 Å². The summed E-state index contributed by atoms with van der Waals surface area (Å²) in [4.78, 5) is 0. The Kier molecular flexibility index (Phi) is 6.51. The van der Waals surface area contributed by atoms with Gasteiger partial charge >= 0.3 is 12.4 Å². The highest BCUT2D eigenvalue weighted by molar-refractivity contribution is 4.80. The standard InChI is InChI=1S/C3H2F4.C2H2F4/c4-2-1-3(5,6)7;3-1-2(4,5)6/h1-2H;1H2. The Labute approximate surface area is 67.8 Å². The number of rotatable bonds is 0. The number of alkyl halides is 7. The quantitative estimate of drug-likeness (QED) is 0.543. The van der Waals surface area contributed by atoms with Crippen molar-refractivity contribution in [1.29, 1.82) is 0 Å². The van der Waals surface area contributed by atoms with Gasteiger partial charge in [0, 0.05) is 6.08 Å². The van der Waals surface area contributed by atoms with Crippen molar-refractivity contribution < 1.29 is 35.1 Å². The van der Waals surface area contributed by atoms with Gasteiger partial charge in [0.1, 0.15) is 0 Å². The van der Waals surface area contributed by atoms with Gasteiger partial charge in [-0.15, -0.1) is 0 Å². The van der Waals surface area contributed by atoms with Gasteiger partial charge in [0.05, 0.1) is 6.33 Å². The maximum absolute atomic E-state index is 10.7. The molecule has 0 N–H and O–H groups in total. The summed E-state index contributed by atoms with van der Waals surface area (Å²) in [7, 11) is 0. The van der Waals surface area contributed by atoms with Gasteiger partial charge in [0.2, 0.25) is 0 Å². The lowest BCUT2D eigenvalue weighted by molar-refractivity contribution is -0.142. The Morgan fingerprint density at radius 1 is 0.923 bits per heavy atom. The fourth-order valence-electron chi connectivity index (χ4n) is 0.0714. The van der Waals surface area contributed by atoms with Crippen molar-refractivity contribution in [3.63, 3.8) is 0 Å². The van der Waals surface area contributed by atoms with Crippen LogP contribution in [0.4, 0.5) is 35.1 Å². The number of hydrogen-bond acceptors (Lipinski definition) is 0. The number of allylic oxidation sites excluding steroid dienone is 1. The molecule has 0 aromatic rings. The summed E-state index contributed by atoms with van der Waals surface area (Å²) in [6.07, 6.45) is -10.2. The summed E-state index contributed by atoms with van der Waals surface area (Å²) in [6.45, 7) is -2.23. The summed E-state index contributed by atoms with van der Waals surface area (Å²) < 4.78 is 84.4. The van der Waals surface area contributed by atoms with Crippen LogP contribution in [0.25, 0.3) is 0 Å². The molecule has 0 rings (SSSR count). The molecule has 0 bridgehead atoms. The summed E-state index contributed by atoms with van der Waals surface area (Å²) in [5.74, 6) is 0. The van der Waals surface area contributed by atoms with Gasteiger partial charge in [-0.2, -0.15) is 26.3 Å². The average Bonchev–Trinajstić information content (AvgIpc) is 1.84. The maximum Gasteiger partial charge on any atom is 0.416 e. The molecule has 0 unspecified atom stereocenters. The van der Waals surface area contributed by atoms with Gasteiger partial charge in [0.25, 0.3) is 0 Å². The lowest BCUT2D eigenvalue weighted by Crippen LogP contribution is -2.08. The van der Waals surface area contributed by atoms with Gasteiger partial charge in [0.15, 0.2) is 6.67 Å². The predicted molar refractivity (Wildman–Crippen MR) is 28.3 cm³/mol. The van der Waals surface area contributed by atoms with Crippen LogP contribution in [0.3, 0.4) is 0 Å². The van der Waals surface area contributed by atoms with Crippen molar-refractivity contribution in [2.75, 3.05) is 6.67 Å². The van der Waals surface area contributed by atoms with Crippen molar-refractivity contribution in [3.05, 3.63) is 12.4 Å². The molecule has 13 heavy (non-hydrogen) atoms. The average molecular weight is 216 g/mol. The van der Waals surface area contributed by atoms with E-state index in [-0.39, 0.29) is 0 Å². The van der Waals surface area contributed by atoms with Crippen LogP contribution in [0.1, 0.15) is 0 Å². The van der Waals surface area contributed by atoms with Crippen LogP contribution in [0.15, 0.2) is 12.4 Å². The fourth-order valence-corrected chi connectivity index (χ4v) is 0.0714. The molecule has 0 fully saturated rings. The summed E-state index contributed by atoms with van der Waals surface area (Å²) in [5, 5.41) is 0. The summed E-state index contributed by atoms with van der Waals surface area (Å²) in [5.41, 5.74) is 0. The van der Waals surface area contributed by atoms with Crippen molar-refractivity contribution >= 4 is 0 Å². The van der Waals surface area contributed by atoms with E-state index in [0.717, 1.165) is 0 Å². The highest BCUT2D eigenvalue weighted by Crippen LogP contribution is 2.15. The van der Waals surface area contributed by atoms with E-state index in [1.165, 1.54) is 0 Å². The smallest absolute Gasteiger partial charge is 0.241 e. The molecule has 80 valence electrons. The lowest BCUT2D eigenvalue weighted by atomic mass is 10.6. The molecule has 0 spiro atoms. The Morgan fingerprint density at radius 3 is 1.23 bits per heavy atom. The van der Waals surface area contributed by atoms with Crippen molar-refractivity contribution in [2.45, 2.75) is 12.4 Å². The highest BCUT2D eigenvalue weighted by Gasteiger charge is 2.26. The van der Waals surface area contributed by atoms with Gasteiger partial charge in [-0.05, 0) is 0 Å². The van der Waals surface area contributed by atoms with Crippen LogP contribution in [0.2, 0.25) is 0 Å². The SMILES string of the molecule is FC=CC(F)(F)F.FCC(F)(F)F. The number of hydrogen-bond donors (Lipinski definition) is 0. The lowest BCUT2D eigenvalue weighted by Gasteiger charge is -1.93. The first-order valence-electron chi connectivity index (χ1n) is 2.59. The molecule has 0 aromatic heterocycles. The zero-order chi connectivity index (χ0) is 11.1. The molecule has 0 amide bonds. The summed E-state index contributed by atoms with van der Waals surface area (Å²) in [6, 6.07) is 0. The molecular weight excluding hydrogens is 212 g/mol. The Bertz CT molecular complexity index is 140. The van der Waals surface area contributed by atoms with E-state index in [4.69, 9.17) is 0 Å². The monoisotopic (exact) mass is 216 g/mol.